The predicted octanol–water partition coefficient (Wildman–Crippen LogP) is 1.20. The van der Waals surface area contributed by atoms with Crippen molar-refractivity contribution in [2.45, 2.75) is 13.0 Å². The Morgan fingerprint density at radius 2 is 2.33 bits per heavy atom. The maximum Gasteiger partial charge on any atom is 0.256 e. The molecule has 0 saturated carbocycles. The summed E-state index contributed by atoms with van der Waals surface area (Å²) in [4.78, 5) is 16.3. The third-order valence-electron chi connectivity index (χ3n) is 2.06. The smallest absolute Gasteiger partial charge is 0.256 e. The van der Waals surface area contributed by atoms with Gasteiger partial charge < -0.3 is 4.90 Å². The molecule has 5 heteroatoms. The van der Waals surface area contributed by atoms with E-state index >= 15 is 0 Å². The summed E-state index contributed by atoms with van der Waals surface area (Å²) in [6.45, 7) is 1.61. The normalized spacial score (nSPS) is 11.6. The molecule has 1 atom stereocenters. The molecular weight excluding hydrogens is 197 g/mol. The van der Waals surface area contributed by atoms with Crippen LogP contribution in [0, 0.1) is 17.3 Å². The number of hydrogen-bond donors (Lipinski definition) is 0. The van der Waals surface area contributed by atoms with Gasteiger partial charge in [0.25, 0.3) is 5.91 Å². The minimum Gasteiger partial charge on any atom is -0.326 e. The van der Waals surface area contributed by atoms with Gasteiger partial charge in [-0.15, -0.1) is 0 Å². The first-order chi connectivity index (χ1) is 7.06. The Kier molecular flexibility index (Phi) is 3.34. The molecule has 0 radical (unpaired) electrons. The van der Waals surface area contributed by atoms with E-state index in [-0.39, 0.29) is 11.5 Å². The van der Waals surface area contributed by atoms with E-state index in [9.17, 15) is 9.18 Å². The Bertz CT molecular complexity index is 396. The monoisotopic (exact) mass is 207 g/mol. The van der Waals surface area contributed by atoms with E-state index in [4.69, 9.17) is 5.26 Å². The van der Waals surface area contributed by atoms with Gasteiger partial charge in [0.1, 0.15) is 6.04 Å². The number of rotatable bonds is 2. The highest BCUT2D eigenvalue weighted by atomic mass is 19.1. The van der Waals surface area contributed by atoms with Crippen molar-refractivity contribution in [1.82, 2.24) is 9.88 Å². The average Bonchev–Trinajstić information content (AvgIpc) is 2.27. The molecule has 1 aromatic heterocycles. The number of amides is 1. The van der Waals surface area contributed by atoms with Crippen molar-refractivity contribution in [2.75, 3.05) is 7.05 Å². The number of nitriles is 1. The highest BCUT2D eigenvalue weighted by Crippen LogP contribution is 2.05. The van der Waals surface area contributed by atoms with Gasteiger partial charge in [0, 0.05) is 13.2 Å². The maximum atomic E-state index is 12.5. The summed E-state index contributed by atoms with van der Waals surface area (Å²) in [5.74, 6) is -0.987. The molecule has 4 nitrogen and oxygen atoms in total. The van der Waals surface area contributed by atoms with Gasteiger partial charge in [-0.1, -0.05) is 0 Å². The van der Waals surface area contributed by atoms with Crippen LogP contribution in [0.25, 0.3) is 0 Å². The second-order valence-electron chi connectivity index (χ2n) is 3.09. The summed E-state index contributed by atoms with van der Waals surface area (Å²) in [5, 5.41) is 8.63. The van der Waals surface area contributed by atoms with Crippen LogP contribution >= 0.6 is 0 Å². The second kappa shape index (κ2) is 4.51. The van der Waals surface area contributed by atoms with Crippen LogP contribution in [0.4, 0.5) is 4.39 Å². The van der Waals surface area contributed by atoms with Crippen molar-refractivity contribution in [3.8, 4) is 6.07 Å². The summed E-state index contributed by atoms with van der Waals surface area (Å²) < 4.78 is 12.5. The van der Waals surface area contributed by atoms with Gasteiger partial charge in [0.05, 0.1) is 11.6 Å². The molecule has 0 spiro atoms. The molecule has 1 aromatic rings. The van der Waals surface area contributed by atoms with E-state index in [0.29, 0.717) is 0 Å². The molecular formula is C10H10FN3O. The first kappa shape index (κ1) is 11.1. The van der Waals surface area contributed by atoms with Crippen LogP contribution < -0.4 is 0 Å². The Labute approximate surface area is 87.0 Å². The van der Waals surface area contributed by atoms with Crippen molar-refractivity contribution in [3.05, 3.63) is 29.8 Å². The van der Waals surface area contributed by atoms with E-state index < -0.39 is 12.0 Å². The fraction of sp³-hybridized carbons (Fsp3) is 0.300. The van der Waals surface area contributed by atoms with Crippen LogP contribution in [0.3, 0.4) is 0 Å². The summed E-state index contributed by atoms with van der Waals surface area (Å²) in [6.07, 6.45) is 1.15. The highest BCUT2D eigenvalue weighted by molar-refractivity contribution is 5.94. The predicted molar refractivity (Wildman–Crippen MR) is 51.4 cm³/mol. The van der Waals surface area contributed by atoms with Crippen LogP contribution in [-0.2, 0) is 0 Å². The quantitative estimate of drug-likeness (QED) is 0.685. The standard InChI is InChI=1S/C10H10FN3O/c1-7(5-12)14(2)10(15)8-3-4-9(11)13-6-8/h3-4,6-7H,1-2H3. The van der Waals surface area contributed by atoms with Crippen molar-refractivity contribution >= 4 is 5.91 Å². The zero-order chi connectivity index (χ0) is 11.4. The zero-order valence-corrected chi connectivity index (χ0v) is 8.44. The van der Waals surface area contributed by atoms with E-state index in [0.717, 1.165) is 12.3 Å². The largest absolute Gasteiger partial charge is 0.326 e. The third-order valence-corrected chi connectivity index (χ3v) is 2.06. The lowest BCUT2D eigenvalue weighted by molar-refractivity contribution is 0.0772. The minimum atomic E-state index is -0.637. The molecule has 0 fully saturated rings. The molecule has 1 unspecified atom stereocenters. The highest BCUT2D eigenvalue weighted by Gasteiger charge is 2.16. The number of halogens is 1. The fourth-order valence-electron chi connectivity index (χ4n) is 0.968. The molecule has 0 aliphatic carbocycles. The minimum absolute atomic E-state index is 0.265. The SMILES string of the molecule is CC(C#N)N(C)C(=O)c1ccc(F)nc1. The molecule has 1 heterocycles. The Balaban J connectivity index is 2.86. The number of hydrogen-bond acceptors (Lipinski definition) is 3. The summed E-state index contributed by atoms with van der Waals surface area (Å²) in [5.41, 5.74) is 0.265. The van der Waals surface area contributed by atoms with E-state index in [1.54, 1.807) is 6.92 Å². The third kappa shape index (κ3) is 2.50. The topological polar surface area (TPSA) is 57.0 Å². The van der Waals surface area contributed by atoms with Crippen LogP contribution in [-0.4, -0.2) is 28.9 Å². The van der Waals surface area contributed by atoms with Gasteiger partial charge >= 0.3 is 0 Å². The number of pyridine rings is 1. The molecule has 0 bridgehead atoms. The summed E-state index contributed by atoms with van der Waals surface area (Å²) in [7, 11) is 1.51. The zero-order valence-electron chi connectivity index (χ0n) is 8.44. The molecule has 78 valence electrons. The van der Waals surface area contributed by atoms with Gasteiger partial charge in [-0.05, 0) is 19.1 Å². The van der Waals surface area contributed by atoms with Crippen molar-refractivity contribution < 1.29 is 9.18 Å². The molecule has 1 amide bonds. The van der Waals surface area contributed by atoms with Gasteiger partial charge in [-0.25, -0.2) is 4.98 Å². The van der Waals surface area contributed by atoms with Gasteiger partial charge in [0.2, 0.25) is 5.95 Å². The van der Waals surface area contributed by atoms with Gasteiger partial charge in [0.15, 0.2) is 0 Å². The Hall–Kier alpha value is -1.96. The van der Waals surface area contributed by atoms with Crippen molar-refractivity contribution in [3.63, 3.8) is 0 Å². The molecule has 0 aliphatic heterocycles. The van der Waals surface area contributed by atoms with Crippen LogP contribution in [0.15, 0.2) is 18.3 Å². The van der Waals surface area contributed by atoms with Gasteiger partial charge in [-0.2, -0.15) is 9.65 Å². The summed E-state index contributed by atoms with van der Waals surface area (Å²) >= 11 is 0. The summed E-state index contributed by atoms with van der Waals surface area (Å²) in [6, 6.07) is 3.86. The fourth-order valence-corrected chi connectivity index (χ4v) is 0.968. The van der Waals surface area contributed by atoms with Crippen LogP contribution in [0.2, 0.25) is 0 Å². The lowest BCUT2D eigenvalue weighted by atomic mass is 10.2. The molecule has 0 N–H and O–H groups in total. The first-order valence-electron chi connectivity index (χ1n) is 4.34. The number of aromatic nitrogens is 1. The van der Waals surface area contributed by atoms with Crippen molar-refractivity contribution in [1.29, 1.82) is 5.26 Å². The number of nitrogens with zero attached hydrogens (tertiary/aromatic N) is 3. The Morgan fingerprint density at radius 1 is 1.67 bits per heavy atom. The first-order valence-corrected chi connectivity index (χ1v) is 4.34. The van der Waals surface area contributed by atoms with Crippen molar-refractivity contribution in [2.24, 2.45) is 0 Å². The molecule has 0 saturated heterocycles. The van der Waals surface area contributed by atoms with Crippen LogP contribution in [0.5, 0.6) is 0 Å². The molecule has 0 aromatic carbocycles. The second-order valence-corrected chi connectivity index (χ2v) is 3.09. The van der Waals surface area contributed by atoms with E-state index in [2.05, 4.69) is 4.98 Å². The number of carbonyl (C=O) groups excluding carboxylic acids is 1. The van der Waals surface area contributed by atoms with Crippen LogP contribution in [0.1, 0.15) is 17.3 Å². The molecule has 0 aliphatic rings. The molecule has 15 heavy (non-hydrogen) atoms. The average molecular weight is 207 g/mol. The van der Waals surface area contributed by atoms with Gasteiger partial charge in [-0.3, -0.25) is 4.79 Å². The molecule has 1 rings (SSSR count). The van der Waals surface area contributed by atoms with E-state index in [1.807, 2.05) is 6.07 Å². The number of carbonyl (C=O) groups is 1. The lowest BCUT2D eigenvalue weighted by Crippen LogP contribution is -2.34. The van der Waals surface area contributed by atoms with E-state index in [1.165, 1.54) is 18.0 Å². The Morgan fingerprint density at radius 3 is 2.80 bits per heavy atom. The lowest BCUT2D eigenvalue weighted by Gasteiger charge is -2.18. The maximum absolute atomic E-state index is 12.5.